The normalized spacial score (nSPS) is 14.8. The number of hydrogen-bond acceptors (Lipinski definition) is 9. The van der Waals surface area contributed by atoms with Crippen LogP contribution >= 0.6 is 7.82 Å². The van der Waals surface area contributed by atoms with Crippen LogP contribution in [0.3, 0.4) is 0 Å². The predicted molar refractivity (Wildman–Crippen MR) is 182 cm³/mol. The van der Waals surface area contributed by atoms with E-state index in [0.29, 0.717) is 12.8 Å². The van der Waals surface area contributed by atoms with Gasteiger partial charge in [-0.3, -0.25) is 18.6 Å². The van der Waals surface area contributed by atoms with Gasteiger partial charge >= 0.3 is 19.8 Å². The van der Waals surface area contributed by atoms with Gasteiger partial charge in [0.2, 0.25) is 0 Å². The zero-order chi connectivity index (χ0) is 34.1. The molecule has 0 bridgehead atoms. The molecule has 266 valence electrons. The molecule has 11 heteroatoms. The van der Waals surface area contributed by atoms with Crippen LogP contribution in [0.2, 0.25) is 0 Å². The third-order valence-corrected chi connectivity index (χ3v) is 7.76. The van der Waals surface area contributed by atoms with Crippen molar-refractivity contribution in [3.63, 3.8) is 0 Å². The average molecular weight is 673 g/mol. The summed E-state index contributed by atoms with van der Waals surface area (Å²) in [6.07, 6.45) is 30.2. The summed E-state index contributed by atoms with van der Waals surface area (Å²) in [5.74, 6) is -1.06. The Bertz CT molecular complexity index is 915. The lowest BCUT2D eigenvalue weighted by atomic mass is 10.1. The Morgan fingerprint density at radius 3 is 1.48 bits per heavy atom. The molecule has 0 rings (SSSR count). The molecule has 0 fully saturated rings. The minimum absolute atomic E-state index is 0.174. The van der Waals surface area contributed by atoms with Crippen molar-refractivity contribution in [2.45, 2.75) is 135 Å². The Labute approximate surface area is 277 Å². The van der Waals surface area contributed by atoms with E-state index < -0.39 is 58.4 Å². The van der Waals surface area contributed by atoms with Crippen LogP contribution in [0.25, 0.3) is 0 Å². The molecule has 0 saturated heterocycles. The summed E-state index contributed by atoms with van der Waals surface area (Å²) in [6.45, 7) is 1.88. The number of hydrogen-bond donors (Lipinski definition) is 3. The van der Waals surface area contributed by atoms with Gasteiger partial charge < -0.3 is 24.6 Å². The highest BCUT2D eigenvalue weighted by atomic mass is 31.2. The molecule has 3 N–H and O–H groups in total. The fourth-order valence-corrected chi connectivity index (χ4v) is 4.95. The van der Waals surface area contributed by atoms with Gasteiger partial charge in [0.25, 0.3) is 0 Å². The largest absolute Gasteiger partial charge is 0.472 e. The maximum absolute atomic E-state index is 12.2. The zero-order valence-electron chi connectivity index (χ0n) is 28.3. The highest BCUT2D eigenvalue weighted by Gasteiger charge is 2.27. The van der Waals surface area contributed by atoms with E-state index >= 15 is 0 Å². The number of phosphoric acid groups is 1. The van der Waals surface area contributed by atoms with E-state index in [0.717, 1.165) is 83.5 Å². The van der Waals surface area contributed by atoms with Crippen molar-refractivity contribution in [2.75, 3.05) is 26.4 Å². The van der Waals surface area contributed by atoms with Crippen LogP contribution in [0.4, 0.5) is 0 Å². The summed E-state index contributed by atoms with van der Waals surface area (Å²) in [7, 11) is -4.62. The molecule has 0 aliphatic rings. The molecule has 0 heterocycles. The van der Waals surface area contributed by atoms with Gasteiger partial charge in [0.15, 0.2) is 0 Å². The Balaban J connectivity index is 3.96. The molecule has 0 aliphatic heterocycles. The Hall–Kier alpha value is -2.07. The van der Waals surface area contributed by atoms with E-state index in [-0.39, 0.29) is 12.8 Å². The van der Waals surface area contributed by atoms with E-state index in [1.807, 2.05) is 0 Å². The van der Waals surface area contributed by atoms with Gasteiger partial charge in [-0.25, -0.2) is 4.57 Å². The summed E-state index contributed by atoms with van der Waals surface area (Å²) in [6, 6.07) is 0. The SMILES string of the molecule is CC/C=C\C/C=C\C/C=C\C/C=C\CCCCCCCCC(=O)OC(CO)COP(=O)(O)OCC(CO)OC(=O)CCCCCC. The third kappa shape index (κ3) is 29.3. The first kappa shape index (κ1) is 43.9. The number of unbranched alkanes of at least 4 members (excludes halogenated alkanes) is 9. The van der Waals surface area contributed by atoms with E-state index in [2.05, 4.69) is 62.5 Å². The number of phosphoric ester groups is 1. The van der Waals surface area contributed by atoms with Crippen LogP contribution in [0.15, 0.2) is 48.6 Å². The molecule has 0 aromatic heterocycles. The standard InChI is InChI=1S/C35H61O10P/c1-3-5-7-9-10-11-12-13-14-15-16-17-18-19-20-21-22-23-25-27-35(39)45-33(29-37)31-43-46(40,41)42-30-32(28-36)44-34(38)26-24-8-6-4-2/h5,7,10-11,13-14,16-17,32-33,36-37H,3-4,6,8-9,12,15,18-31H2,1-2H3,(H,40,41)/b7-5-,11-10-,14-13-,17-16-. The lowest BCUT2D eigenvalue weighted by molar-refractivity contribution is -0.153. The first-order valence-electron chi connectivity index (χ1n) is 17.1. The minimum Gasteiger partial charge on any atom is -0.457 e. The lowest BCUT2D eigenvalue weighted by Crippen LogP contribution is -2.28. The molecular formula is C35H61O10P. The number of aliphatic hydroxyl groups is 2. The number of ether oxygens (including phenoxy) is 2. The molecule has 3 unspecified atom stereocenters. The van der Waals surface area contributed by atoms with Crippen molar-refractivity contribution >= 4 is 19.8 Å². The third-order valence-electron chi connectivity index (χ3n) is 6.81. The second kappa shape index (κ2) is 31.5. The second-order valence-electron chi connectivity index (χ2n) is 11.1. The minimum atomic E-state index is -4.62. The number of aliphatic hydroxyl groups excluding tert-OH is 2. The van der Waals surface area contributed by atoms with Crippen LogP contribution in [0.5, 0.6) is 0 Å². The first-order valence-corrected chi connectivity index (χ1v) is 18.6. The molecular weight excluding hydrogens is 611 g/mol. The highest BCUT2D eigenvalue weighted by Crippen LogP contribution is 2.43. The van der Waals surface area contributed by atoms with Gasteiger partial charge in [-0.2, -0.15) is 0 Å². The number of carbonyl (C=O) groups is 2. The van der Waals surface area contributed by atoms with Gasteiger partial charge in [0.05, 0.1) is 26.4 Å². The molecule has 0 aromatic rings. The summed E-state index contributed by atoms with van der Waals surface area (Å²) in [5, 5.41) is 18.9. The lowest BCUT2D eigenvalue weighted by Gasteiger charge is -2.20. The van der Waals surface area contributed by atoms with E-state index in [1.54, 1.807) is 0 Å². The summed E-state index contributed by atoms with van der Waals surface area (Å²) >= 11 is 0. The average Bonchev–Trinajstić information content (AvgIpc) is 3.04. The van der Waals surface area contributed by atoms with Crippen LogP contribution in [0.1, 0.15) is 123 Å². The van der Waals surface area contributed by atoms with Crippen molar-refractivity contribution in [2.24, 2.45) is 0 Å². The maximum Gasteiger partial charge on any atom is 0.472 e. The summed E-state index contributed by atoms with van der Waals surface area (Å²) < 4.78 is 32.1. The van der Waals surface area contributed by atoms with E-state index in [9.17, 15) is 29.3 Å². The van der Waals surface area contributed by atoms with Crippen LogP contribution in [0, 0.1) is 0 Å². The molecule has 0 aromatic carbocycles. The Morgan fingerprint density at radius 1 is 0.609 bits per heavy atom. The van der Waals surface area contributed by atoms with E-state index in [4.69, 9.17) is 18.5 Å². The molecule has 0 saturated carbocycles. The topological polar surface area (TPSA) is 149 Å². The number of rotatable bonds is 31. The van der Waals surface area contributed by atoms with Crippen LogP contribution < -0.4 is 0 Å². The summed E-state index contributed by atoms with van der Waals surface area (Å²) in [4.78, 5) is 33.9. The molecule has 0 amide bonds. The molecule has 0 spiro atoms. The van der Waals surface area contributed by atoms with Crippen LogP contribution in [-0.4, -0.2) is 65.7 Å². The van der Waals surface area contributed by atoms with Gasteiger partial charge in [-0.15, -0.1) is 0 Å². The van der Waals surface area contributed by atoms with Crippen molar-refractivity contribution in [1.82, 2.24) is 0 Å². The highest BCUT2D eigenvalue weighted by molar-refractivity contribution is 7.47. The Kier molecular flexibility index (Phi) is 30.1. The van der Waals surface area contributed by atoms with Crippen molar-refractivity contribution in [3.05, 3.63) is 48.6 Å². The molecule has 0 aliphatic carbocycles. The first-order chi connectivity index (χ1) is 22.3. The number of esters is 2. The number of carbonyl (C=O) groups excluding carboxylic acids is 2. The molecule has 46 heavy (non-hydrogen) atoms. The van der Waals surface area contributed by atoms with Crippen LogP contribution in [-0.2, 0) is 32.7 Å². The van der Waals surface area contributed by atoms with Gasteiger partial charge in [-0.1, -0.05) is 107 Å². The van der Waals surface area contributed by atoms with Crippen molar-refractivity contribution in [1.29, 1.82) is 0 Å². The van der Waals surface area contributed by atoms with Gasteiger partial charge in [0, 0.05) is 12.8 Å². The van der Waals surface area contributed by atoms with Gasteiger partial charge in [0.1, 0.15) is 12.2 Å². The maximum atomic E-state index is 12.2. The fourth-order valence-electron chi connectivity index (χ4n) is 4.16. The smallest absolute Gasteiger partial charge is 0.457 e. The zero-order valence-corrected chi connectivity index (χ0v) is 29.2. The van der Waals surface area contributed by atoms with Crippen molar-refractivity contribution in [3.8, 4) is 0 Å². The fraction of sp³-hybridized carbons (Fsp3) is 0.714. The predicted octanol–water partition coefficient (Wildman–Crippen LogP) is 7.82. The molecule has 0 radical (unpaired) electrons. The number of allylic oxidation sites excluding steroid dienone is 8. The second-order valence-corrected chi connectivity index (χ2v) is 12.6. The molecule has 10 nitrogen and oxygen atoms in total. The van der Waals surface area contributed by atoms with Crippen molar-refractivity contribution < 1.29 is 47.8 Å². The quantitative estimate of drug-likeness (QED) is 0.0288. The summed E-state index contributed by atoms with van der Waals surface area (Å²) in [5.41, 5.74) is 0. The molecule has 3 atom stereocenters. The Morgan fingerprint density at radius 2 is 1.02 bits per heavy atom. The van der Waals surface area contributed by atoms with E-state index in [1.165, 1.54) is 0 Å². The monoisotopic (exact) mass is 672 g/mol. The van der Waals surface area contributed by atoms with Gasteiger partial charge in [-0.05, 0) is 51.4 Å².